The first-order chi connectivity index (χ1) is 16.6. The topological polar surface area (TPSA) is 117 Å². The molecule has 1 atom stereocenters. The molecule has 0 saturated heterocycles. The maximum atomic E-state index is 14.8. The maximum absolute atomic E-state index is 14.8. The van der Waals surface area contributed by atoms with E-state index in [0.717, 1.165) is 6.07 Å². The van der Waals surface area contributed by atoms with E-state index in [0.29, 0.717) is 18.5 Å². The third-order valence-electron chi connectivity index (χ3n) is 5.05. The molecular formula is C22H17F7N4O3. The van der Waals surface area contributed by atoms with E-state index in [2.05, 4.69) is 22.1 Å². The number of rotatable bonds is 2. The van der Waals surface area contributed by atoms with Gasteiger partial charge in [0.15, 0.2) is 0 Å². The van der Waals surface area contributed by atoms with Gasteiger partial charge in [-0.25, -0.2) is 19.0 Å². The number of alkyl halides is 6. The summed E-state index contributed by atoms with van der Waals surface area (Å²) in [5.41, 5.74) is 2.55. The second kappa shape index (κ2) is 9.56. The molecule has 2 amide bonds. The van der Waals surface area contributed by atoms with Crippen LogP contribution in [0.15, 0.2) is 30.3 Å². The molecule has 4 rings (SSSR count). The van der Waals surface area contributed by atoms with Crippen LogP contribution in [0, 0.1) is 23.6 Å². The highest BCUT2D eigenvalue weighted by Gasteiger charge is 2.59. The van der Waals surface area contributed by atoms with Crippen LogP contribution in [0.1, 0.15) is 29.7 Å². The van der Waals surface area contributed by atoms with E-state index in [-0.39, 0.29) is 29.4 Å². The second-order valence-electron chi connectivity index (χ2n) is 7.89. The number of pyridine rings is 1. The van der Waals surface area contributed by atoms with E-state index in [1.807, 2.05) is 5.32 Å². The molecule has 0 radical (unpaired) electrons. The molecule has 2 heterocycles. The maximum Gasteiger partial charge on any atom is 0.490 e. The summed E-state index contributed by atoms with van der Waals surface area (Å²) in [6.07, 6.45) is -8.61. The van der Waals surface area contributed by atoms with Gasteiger partial charge in [-0.3, -0.25) is 0 Å². The molecule has 1 aromatic heterocycles. The molecule has 0 unspecified atom stereocenters. The van der Waals surface area contributed by atoms with E-state index in [9.17, 15) is 35.5 Å². The number of urea groups is 1. The van der Waals surface area contributed by atoms with Crippen LogP contribution < -0.4 is 16.4 Å². The number of benzene rings is 1. The van der Waals surface area contributed by atoms with Gasteiger partial charge in [0.2, 0.25) is 5.54 Å². The van der Waals surface area contributed by atoms with Gasteiger partial charge in [-0.05, 0) is 42.7 Å². The van der Waals surface area contributed by atoms with Crippen molar-refractivity contribution in [1.82, 2.24) is 10.3 Å². The Labute approximate surface area is 198 Å². The zero-order chi connectivity index (χ0) is 26.9. The molecule has 14 heteroatoms. The summed E-state index contributed by atoms with van der Waals surface area (Å²) in [6, 6.07) is 5.73. The van der Waals surface area contributed by atoms with Gasteiger partial charge >= 0.3 is 24.4 Å². The van der Waals surface area contributed by atoms with Gasteiger partial charge in [0, 0.05) is 29.3 Å². The van der Waals surface area contributed by atoms with Gasteiger partial charge in [0.05, 0.1) is 0 Å². The molecular weight excluding hydrogens is 501 g/mol. The smallest absolute Gasteiger partial charge is 0.475 e. The fraction of sp³-hybridized carbons (Fsp3) is 0.318. The summed E-state index contributed by atoms with van der Waals surface area (Å²) >= 11 is 0. The Morgan fingerprint density at radius 3 is 2.36 bits per heavy atom. The second-order valence-corrected chi connectivity index (χ2v) is 7.89. The third-order valence-corrected chi connectivity index (χ3v) is 5.05. The molecule has 2 aromatic rings. The first kappa shape index (κ1) is 26.6. The summed E-state index contributed by atoms with van der Waals surface area (Å²) in [7, 11) is 0. The minimum Gasteiger partial charge on any atom is -0.475 e. The van der Waals surface area contributed by atoms with Crippen LogP contribution in [0.25, 0.3) is 0 Å². The van der Waals surface area contributed by atoms with Crippen LogP contribution in [-0.4, -0.2) is 34.4 Å². The van der Waals surface area contributed by atoms with Gasteiger partial charge in [0.25, 0.3) is 0 Å². The number of carbonyl (C=O) groups is 2. The van der Waals surface area contributed by atoms with Gasteiger partial charge in [-0.15, -0.1) is 0 Å². The van der Waals surface area contributed by atoms with Crippen LogP contribution in [0.2, 0.25) is 0 Å². The van der Waals surface area contributed by atoms with Crippen molar-refractivity contribution in [2.45, 2.75) is 37.2 Å². The largest absolute Gasteiger partial charge is 0.490 e. The number of aromatic nitrogens is 1. The van der Waals surface area contributed by atoms with Crippen molar-refractivity contribution >= 4 is 23.5 Å². The van der Waals surface area contributed by atoms with Crippen molar-refractivity contribution in [3.63, 3.8) is 0 Å². The fourth-order valence-corrected chi connectivity index (χ4v) is 3.18. The number of halogens is 7. The number of carbonyl (C=O) groups excluding carboxylic acids is 1. The Morgan fingerprint density at radius 2 is 1.83 bits per heavy atom. The highest BCUT2D eigenvalue weighted by atomic mass is 19.4. The Bertz CT molecular complexity index is 1250. The number of carboxylic acid groups (broad SMARTS) is 1. The number of fused-ring (bicyclic) bond motifs is 1. The Kier molecular flexibility index (Phi) is 7.06. The number of nitrogens with one attached hydrogen (secondary N) is 2. The zero-order valence-electron chi connectivity index (χ0n) is 18.0. The van der Waals surface area contributed by atoms with E-state index in [4.69, 9.17) is 15.6 Å². The molecule has 36 heavy (non-hydrogen) atoms. The number of amides is 2. The van der Waals surface area contributed by atoms with Crippen molar-refractivity contribution in [3.8, 4) is 11.8 Å². The lowest BCUT2D eigenvalue weighted by molar-refractivity contribution is -0.192. The highest BCUT2D eigenvalue weighted by Crippen LogP contribution is 2.45. The minimum atomic E-state index is -5.08. The molecule has 2 aliphatic rings. The first-order valence-corrected chi connectivity index (χ1v) is 10.2. The quantitative estimate of drug-likeness (QED) is 0.349. The number of nitrogens with two attached hydrogens (primary N) is 1. The van der Waals surface area contributed by atoms with Crippen molar-refractivity contribution < 1.29 is 45.4 Å². The summed E-state index contributed by atoms with van der Waals surface area (Å²) in [4.78, 5) is 25.0. The van der Waals surface area contributed by atoms with Gasteiger partial charge in [0.1, 0.15) is 11.6 Å². The monoisotopic (exact) mass is 518 g/mol. The highest BCUT2D eigenvalue weighted by molar-refractivity contribution is 5.95. The number of nitrogen functional groups attached to an aromatic ring is 1. The standard InChI is InChI=1S/C20H16F4N4O.C2HF3O2/c21-15-10-14-16(9-12(15)8-13-2-1-3-17(25)26-13)27-18(29)28-19(14,20(22,23)24)7-6-11-4-5-11;3-2(4,5)1(6)7/h1-3,9-11H,4-5,8H2,(H2,25,26)(H2,27,28,29);(H,6,7)/t19-;/m0./s1. The lowest BCUT2D eigenvalue weighted by atomic mass is 9.85. The normalized spacial score (nSPS) is 18.9. The number of carboxylic acids is 1. The number of hydrogen-bond donors (Lipinski definition) is 4. The molecule has 1 aromatic carbocycles. The Balaban J connectivity index is 0.000000454. The van der Waals surface area contributed by atoms with Crippen molar-refractivity contribution in [2.24, 2.45) is 5.92 Å². The molecule has 1 aliphatic heterocycles. The molecule has 0 bridgehead atoms. The molecule has 5 N–H and O–H groups in total. The Hall–Kier alpha value is -4.02. The summed E-state index contributed by atoms with van der Waals surface area (Å²) < 4.78 is 88.7. The van der Waals surface area contributed by atoms with Gasteiger partial charge < -0.3 is 21.5 Å². The molecule has 1 aliphatic carbocycles. The fourth-order valence-electron chi connectivity index (χ4n) is 3.18. The SMILES string of the molecule is Nc1cccc(Cc2cc3c(cc2F)[C@@](C#CC2CC2)(C(F)(F)F)NC(=O)N3)n1.O=C(O)C(F)(F)F. The molecule has 1 fully saturated rings. The summed E-state index contributed by atoms with van der Waals surface area (Å²) in [5, 5.41) is 11.3. The lowest BCUT2D eigenvalue weighted by Gasteiger charge is -2.37. The lowest BCUT2D eigenvalue weighted by Crippen LogP contribution is -2.59. The van der Waals surface area contributed by atoms with Gasteiger partial charge in [-0.1, -0.05) is 17.9 Å². The predicted molar refractivity (Wildman–Crippen MR) is 112 cm³/mol. The summed E-state index contributed by atoms with van der Waals surface area (Å²) in [5.74, 6) is 1.24. The van der Waals surface area contributed by atoms with E-state index < -0.39 is 41.3 Å². The van der Waals surface area contributed by atoms with E-state index in [1.165, 1.54) is 6.07 Å². The van der Waals surface area contributed by atoms with Crippen LogP contribution in [0.3, 0.4) is 0 Å². The average molecular weight is 518 g/mol. The van der Waals surface area contributed by atoms with Gasteiger partial charge in [-0.2, -0.15) is 26.3 Å². The van der Waals surface area contributed by atoms with Crippen LogP contribution in [-0.2, 0) is 16.8 Å². The minimum absolute atomic E-state index is 0.000221. The molecule has 192 valence electrons. The van der Waals surface area contributed by atoms with Crippen molar-refractivity contribution in [3.05, 3.63) is 53.0 Å². The number of hydrogen-bond acceptors (Lipinski definition) is 4. The zero-order valence-corrected chi connectivity index (χ0v) is 18.0. The summed E-state index contributed by atoms with van der Waals surface area (Å²) in [6.45, 7) is 0. The van der Waals surface area contributed by atoms with Crippen molar-refractivity contribution in [1.29, 1.82) is 0 Å². The number of nitrogens with zero attached hydrogens (tertiary/aromatic N) is 1. The van der Waals surface area contributed by atoms with Crippen LogP contribution in [0.4, 0.5) is 47.0 Å². The van der Waals surface area contributed by atoms with Crippen molar-refractivity contribution in [2.75, 3.05) is 11.1 Å². The van der Waals surface area contributed by atoms with Crippen LogP contribution in [0.5, 0.6) is 0 Å². The van der Waals surface area contributed by atoms with E-state index in [1.54, 1.807) is 18.2 Å². The third kappa shape index (κ3) is 5.96. The van der Waals surface area contributed by atoms with E-state index >= 15 is 0 Å². The average Bonchev–Trinajstić information content (AvgIpc) is 3.56. The van der Waals surface area contributed by atoms with Crippen LogP contribution >= 0.6 is 0 Å². The predicted octanol–water partition coefficient (Wildman–Crippen LogP) is 4.33. The first-order valence-electron chi connectivity index (χ1n) is 10.2. The molecule has 1 saturated carbocycles. The number of anilines is 2. The number of aliphatic carboxylic acids is 1. The Morgan fingerprint density at radius 1 is 1.19 bits per heavy atom. The molecule has 0 spiro atoms. The molecule has 7 nitrogen and oxygen atoms in total.